The first-order chi connectivity index (χ1) is 16.8. The average Bonchev–Trinajstić information content (AvgIpc) is 2.86. The first-order valence-corrected chi connectivity index (χ1v) is 14.7. The van der Waals surface area contributed by atoms with Gasteiger partial charge in [0.1, 0.15) is 0 Å². The van der Waals surface area contributed by atoms with Gasteiger partial charge in [0.05, 0.1) is 17.2 Å². The fourth-order valence-corrected chi connectivity index (χ4v) is 8.41. The summed E-state index contributed by atoms with van der Waals surface area (Å²) in [6.45, 7) is 6.01. The Hall–Kier alpha value is -2.42. The van der Waals surface area contributed by atoms with Crippen LogP contribution < -0.4 is 0 Å². The van der Waals surface area contributed by atoms with Crippen LogP contribution >= 0.6 is 7.37 Å². The third-order valence-electron chi connectivity index (χ3n) is 7.73. The van der Waals surface area contributed by atoms with E-state index in [1.54, 1.807) is 0 Å². The molecule has 0 saturated heterocycles. The highest BCUT2D eigenvalue weighted by Crippen LogP contribution is 2.65. The normalized spacial score (nSPS) is 16.8. The number of carbonyl (C=O) groups is 1. The third-order valence-corrected chi connectivity index (χ3v) is 10.8. The summed E-state index contributed by atoms with van der Waals surface area (Å²) in [7, 11) is -3.88. The van der Waals surface area contributed by atoms with Gasteiger partial charge in [-0.3, -0.25) is 9.36 Å². The maximum atomic E-state index is 14.2. The lowest BCUT2D eigenvalue weighted by Crippen LogP contribution is -2.43. The Bertz CT molecular complexity index is 1150. The van der Waals surface area contributed by atoms with E-state index in [0.717, 1.165) is 41.2 Å². The standard InChI is InChI=1S/C30H39O4P/c1-4-7-20-30(6-3,35(33,34)22-23-14-9-8-10-15-23)28(29(31)32)21-24(5-2)26-19-13-17-25-16-11-12-18-27(25)26/h8-19,24,28H,4-7,20-22H2,1-3H3,(H,31,32)(H,33,34). The molecule has 0 spiro atoms. The molecule has 0 radical (unpaired) electrons. The second-order valence-corrected chi connectivity index (χ2v) is 12.3. The highest BCUT2D eigenvalue weighted by molar-refractivity contribution is 7.59. The highest BCUT2D eigenvalue weighted by Gasteiger charge is 2.54. The van der Waals surface area contributed by atoms with Gasteiger partial charge in [0.2, 0.25) is 7.37 Å². The van der Waals surface area contributed by atoms with Crippen LogP contribution in [0.1, 0.15) is 76.3 Å². The Morgan fingerprint density at radius 2 is 1.60 bits per heavy atom. The van der Waals surface area contributed by atoms with Gasteiger partial charge in [-0.25, -0.2) is 0 Å². The van der Waals surface area contributed by atoms with Crippen molar-refractivity contribution in [1.29, 1.82) is 0 Å². The predicted molar refractivity (Wildman–Crippen MR) is 145 cm³/mol. The molecule has 4 unspecified atom stereocenters. The van der Waals surface area contributed by atoms with E-state index in [0.29, 0.717) is 19.3 Å². The van der Waals surface area contributed by atoms with Crippen LogP contribution in [0, 0.1) is 5.92 Å². The van der Waals surface area contributed by atoms with Crippen molar-refractivity contribution in [1.82, 2.24) is 0 Å². The van der Waals surface area contributed by atoms with Crippen LogP contribution in [-0.2, 0) is 15.5 Å². The van der Waals surface area contributed by atoms with Crippen LogP contribution in [0.4, 0.5) is 0 Å². The summed E-state index contributed by atoms with van der Waals surface area (Å²) in [5.74, 6) is -1.90. The van der Waals surface area contributed by atoms with E-state index in [4.69, 9.17) is 0 Å². The molecule has 0 aliphatic rings. The minimum absolute atomic E-state index is 0.000232. The van der Waals surface area contributed by atoms with Crippen LogP contribution in [0.25, 0.3) is 10.8 Å². The van der Waals surface area contributed by atoms with Gasteiger partial charge in [0.15, 0.2) is 0 Å². The molecule has 0 heterocycles. The van der Waals surface area contributed by atoms with Gasteiger partial charge in [-0.1, -0.05) is 106 Å². The van der Waals surface area contributed by atoms with Gasteiger partial charge in [0.25, 0.3) is 0 Å². The largest absolute Gasteiger partial charge is 0.481 e. The van der Waals surface area contributed by atoms with Crippen LogP contribution in [0.5, 0.6) is 0 Å². The van der Waals surface area contributed by atoms with Gasteiger partial charge in [-0.15, -0.1) is 0 Å². The molecule has 0 amide bonds. The summed E-state index contributed by atoms with van der Waals surface area (Å²) in [5, 5.41) is 11.6. The molecular formula is C30H39O4P. The summed E-state index contributed by atoms with van der Waals surface area (Å²) in [4.78, 5) is 24.5. The maximum absolute atomic E-state index is 14.2. The molecule has 0 bridgehead atoms. The molecule has 0 fully saturated rings. The second-order valence-electron chi connectivity index (χ2n) is 9.71. The van der Waals surface area contributed by atoms with Gasteiger partial charge >= 0.3 is 5.97 Å². The van der Waals surface area contributed by atoms with Crippen molar-refractivity contribution in [3.05, 3.63) is 83.9 Å². The van der Waals surface area contributed by atoms with Crippen molar-refractivity contribution in [3.63, 3.8) is 0 Å². The van der Waals surface area contributed by atoms with Gasteiger partial charge in [0, 0.05) is 0 Å². The maximum Gasteiger partial charge on any atom is 0.307 e. The molecule has 35 heavy (non-hydrogen) atoms. The molecule has 3 rings (SSSR count). The molecular weight excluding hydrogens is 455 g/mol. The van der Waals surface area contributed by atoms with Crippen LogP contribution in [0.2, 0.25) is 0 Å². The molecule has 0 saturated carbocycles. The van der Waals surface area contributed by atoms with E-state index in [1.807, 2.05) is 62.4 Å². The Morgan fingerprint density at radius 3 is 2.23 bits per heavy atom. The average molecular weight is 495 g/mol. The third kappa shape index (κ3) is 5.88. The molecule has 4 atom stereocenters. The van der Waals surface area contributed by atoms with E-state index in [9.17, 15) is 19.4 Å². The van der Waals surface area contributed by atoms with Crippen LogP contribution in [-0.4, -0.2) is 21.1 Å². The Balaban J connectivity index is 2.07. The lowest BCUT2D eigenvalue weighted by molar-refractivity contribution is -0.144. The summed E-state index contributed by atoms with van der Waals surface area (Å²) in [6.07, 6.45) is 3.47. The number of hydrogen-bond acceptors (Lipinski definition) is 2. The van der Waals surface area contributed by atoms with Crippen LogP contribution in [0.3, 0.4) is 0 Å². The fraction of sp³-hybridized carbons (Fsp3) is 0.433. The van der Waals surface area contributed by atoms with Crippen molar-refractivity contribution in [2.75, 3.05) is 0 Å². The molecule has 0 aliphatic heterocycles. The van der Waals surface area contributed by atoms with E-state index in [1.165, 1.54) is 0 Å². The van der Waals surface area contributed by atoms with Crippen molar-refractivity contribution in [3.8, 4) is 0 Å². The number of unbranched alkanes of at least 4 members (excludes halogenated alkanes) is 1. The number of benzene rings is 3. The first-order valence-electron chi connectivity index (χ1n) is 12.9. The van der Waals surface area contributed by atoms with Crippen LogP contribution in [0.15, 0.2) is 72.8 Å². The molecule has 5 heteroatoms. The van der Waals surface area contributed by atoms with Crippen molar-refractivity contribution in [2.45, 2.75) is 76.5 Å². The number of hydrogen-bond donors (Lipinski definition) is 2. The van der Waals surface area contributed by atoms with Crippen molar-refractivity contribution in [2.24, 2.45) is 5.92 Å². The molecule has 0 aliphatic carbocycles. The zero-order chi connectivity index (χ0) is 25.5. The predicted octanol–water partition coefficient (Wildman–Crippen LogP) is 8.23. The van der Waals surface area contributed by atoms with E-state index in [-0.39, 0.29) is 12.1 Å². The van der Waals surface area contributed by atoms with Gasteiger partial charge in [-0.2, -0.15) is 0 Å². The number of rotatable bonds is 13. The van der Waals surface area contributed by atoms with Gasteiger partial charge < -0.3 is 10.00 Å². The van der Waals surface area contributed by atoms with Crippen molar-refractivity contribution < 1.29 is 19.4 Å². The number of carboxylic acids is 1. The Kier molecular flexibility index (Phi) is 9.33. The number of carboxylic acid groups (broad SMARTS) is 1. The molecule has 3 aromatic carbocycles. The zero-order valence-electron chi connectivity index (χ0n) is 21.2. The summed E-state index contributed by atoms with van der Waals surface area (Å²) >= 11 is 0. The lowest BCUT2D eigenvalue weighted by atomic mass is 9.76. The molecule has 188 valence electrons. The fourth-order valence-electron chi connectivity index (χ4n) is 5.69. The molecule has 0 aromatic heterocycles. The minimum atomic E-state index is -3.88. The molecule has 3 aromatic rings. The zero-order valence-corrected chi connectivity index (χ0v) is 22.1. The number of fused-ring (bicyclic) bond motifs is 1. The summed E-state index contributed by atoms with van der Waals surface area (Å²) in [6, 6.07) is 23.6. The Labute approximate surface area is 209 Å². The van der Waals surface area contributed by atoms with E-state index in [2.05, 4.69) is 31.2 Å². The summed E-state index contributed by atoms with van der Waals surface area (Å²) in [5.41, 5.74) is 1.89. The van der Waals surface area contributed by atoms with E-state index < -0.39 is 24.4 Å². The number of aliphatic carboxylic acids is 1. The summed E-state index contributed by atoms with van der Waals surface area (Å²) < 4.78 is 14.2. The first kappa shape index (κ1) is 27.2. The smallest absolute Gasteiger partial charge is 0.307 e. The lowest BCUT2D eigenvalue weighted by Gasteiger charge is -2.43. The highest BCUT2D eigenvalue weighted by atomic mass is 31.2. The second kappa shape index (κ2) is 12.0. The quantitative estimate of drug-likeness (QED) is 0.235. The topological polar surface area (TPSA) is 74.6 Å². The molecule has 4 nitrogen and oxygen atoms in total. The Morgan fingerprint density at radius 1 is 0.943 bits per heavy atom. The van der Waals surface area contributed by atoms with E-state index >= 15 is 0 Å². The van der Waals surface area contributed by atoms with Gasteiger partial charge in [-0.05, 0) is 53.5 Å². The minimum Gasteiger partial charge on any atom is -0.481 e. The molecule has 2 N–H and O–H groups in total. The monoisotopic (exact) mass is 494 g/mol. The van der Waals surface area contributed by atoms with Crippen molar-refractivity contribution >= 4 is 24.1 Å². The SMILES string of the molecule is CCCCC(CC)(C(CC(CC)c1cccc2ccccc12)C(=O)O)P(=O)(O)Cc1ccccc1.